The van der Waals surface area contributed by atoms with Crippen LogP contribution in [0.4, 0.5) is 0 Å². The van der Waals surface area contributed by atoms with E-state index in [1.807, 2.05) is 4.68 Å². The first-order valence-electron chi connectivity index (χ1n) is 6.91. The predicted octanol–water partition coefficient (Wildman–Crippen LogP) is 2.99. The summed E-state index contributed by atoms with van der Waals surface area (Å²) in [5, 5.41) is 8.10. The maximum absolute atomic E-state index is 4.55. The predicted molar refractivity (Wildman–Crippen MR) is 70.8 cm³/mol. The Hall–Kier alpha value is -0.830. The molecule has 0 amide bonds. The topological polar surface area (TPSA) is 29.9 Å². The summed E-state index contributed by atoms with van der Waals surface area (Å²) in [6.07, 6.45) is 6.29. The van der Waals surface area contributed by atoms with Crippen LogP contribution >= 0.6 is 0 Å². The van der Waals surface area contributed by atoms with Crippen LogP contribution in [-0.4, -0.2) is 16.3 Å². The summed E-state index contributed by atoms with van der Waals surface area (Å²) in [5.74, 6) is 1.78. The highest BCUT2D eigenvalue weighted by Gasteiger charge is 2.22. The van der Waals surface area contributed by atoms with E-state index in [0.29, 0.717) is 6.04 Å². The largest absolute Gasteiger partial charge is 0.311 e. The van der Waals surface area contributed by atoms with Crippen LogP contribution in [-0.2, 0) is 6.54 Å². The number of hydrogen-bond donors (Lipinski definition) is 1. The van der Waals surface area contributed by atoms with E-state index in [-0.39, 0.29) is 0 Å². The summed E-state index contributed by atoms with van der Waals surface area (Å²) in [7, 11) is 0. The molecule has 1 saturated carbocycles. The monoisotopic (exact) mass is 235 g/mol. The first-order chi connectivity index (χ1) is 8.16. The fraction of sp³-hybridized carbons (Fsp3) is 0.786. The molecule has 96 valence electrons. The second-order valence-electron chi connectivity index (χ2n) is 5.68. The van der Waals surface area contributed by atoms with E-state index in [1.165, 1.54) is 19.3 Å². The van der Waals surface area contributed by atoms with Crippen molar-refractivity contribution < 1.29 is 0 Å². The van der Waals surface area contributed by atoms with Gasteiger partial charge in [-0.05, 0) is 44.7 Å². The minimum absolute atomic E-state index is 0.457. The van der Waals surface area contributed by atoms with Gasteiger partial charge in [0, 0.05) is 18.8 Å². The van der Waals surface area contributed by atoms with Crippen molar-refractivity contribution in [3.8, 4) is 0 Å². The zero-order valence-electron chi connectivity index (χ0n) is 11.3. The van der Waals surface area contributed by atoms with E-state index >= 15 is 0 Å². The van der Waals surface area contributed by atoms with Gasteiger partial charge in [-0.25, -0.2) is 0 Å². The lowest BCUT2D eigenvalue weighted by Gasteiger charge is -2.15. The third-order valence-electron chi connectivity index (χ3n) is 3.94. The molecular weight excluding hydrogens is 210 g/mol. The van der Waals surface area contributed by atoms with Gasteiger partial charge in [0.2, 0.25) is 0 Å². The Labute approximate surface area is 105 Å². The fourth-order valence-electron chi connectivity index (χ4n) is 2.67. The summed E-state index contributed by atoms with van der Waals surface area (Å²) in [6.45, 7) is 8.75. The van der Waals surface area contributed by atoms with Crippen LogP contribution in [0, 0.1) is 11.8 Å². The number of aromatic nitrogens is 2. The van der Waals surface area contributed by atoms with Crippen LogP contribution in [0.1, 0.15) is 51.8 Å². The molecule has 0 spiro atoms. The van der Waals surface area contributed by atoms with Crippen LogP contribution < -0.4 is 5.32 Å². The van der Waals surface area contributed by atoms with Gasteiger partial charge in [-0.1, -0.05) is 19.8 Å². The van der Waals surface area contributed by atoms with Gasteiger partial charge in [0.05, 0.1) is 5.69 Å². The van der Waals surface area contributed by atoms with Crippen LogP contribution in [0.2, 0.25) is 0 Å². The summed E-state index contributed by atoms with van der Waals surface area (Å²) < 4.78 is 2.02. The average Bonchev–Trinajstić information content (AvgIpc) is 2.89. The van der Waals surface area contributed by atoms with E-state index in [2.05, 4.69) is 43.4 Å². The van der Waals surface area contributed by atoms with Crippen molar-refractivity contribution in [1.82, 2.24) is 15.1 Å². The summed E-state index contributed by atoms with van der Waals surface area (Å²) in [5.41, 5.74) is 1.16. The molecule has 1 aromatic rings. The zero-order valence-corrected chi connectivity index (χ0v) is 11.3. The number of rotatable bonds is 5. The SMILES string of the molecule is CC1CCCC1CNCc1ccn(C(C)C)n1. The van der Waals surface area contributed by atoms with Gasteiger partial charge in [0.1, 0.15) is 0 Å². The van der Waals surface area contributed by atoms with Gasteiger partial charge in [0.25, 0.3) is 0 Å². The summed E-state index contributed by atoms with van der Waals surface area (Å²) >= 11 is 0. The maximum Gasteiger partial charge on any atom is 0.0762 e. The number of nitrogens with one attached hydrogen (secondary N) is 1. The van der Waals surface area contributed by atoms with Crippen molar-refractivity contribution in [1.29, 1.82) is 0 Å². The normalized spacial score (nSPS) is 24.7. The van der Waals surface area contributed by atoms with Crippen LogP contribution in [0.3, 0.4) is 0 Å². The molecule has 0 aliphatic heterocycles. The Bertz CT molecular complexity index is 343. The molecule has 2 rings (SSSR count). The highest BCUT2D eigenvalue weighted by atomic mass is 15.3. The molecule has 3 nitrogen and oxygen atoms in total. The van der Waals surface area contributed by atoms with Crippen LogP contribution in [0.5, 0.6) is 0 Å². The number of nitrogens with zero attached hydrogens (tertiary/aromatic N) is 2. The Morgan fingerprint density at radius 3 is 2.88 bits per heavy atom. The highest BCUT2D eigenvalue weighted by molar-refractivity contribution is 4.99. The molecule has 17 heavy (non-hydrogen) atoms. The molecular formula is C14H25N3. The van der Waals surface area contributed by atoms with Crippen molar-refractivity contribution in [2.75, 3.05) is 6.54 Å². The first kappa shape index (κ1) is 12.6. The first-order valence-corrected chi connectivity index (χ1v) is 6.91. The van der Waals surface area contributed by atoms with Crippen molar-refractivity contribution >= 4 is 0 Å². The lowest BCUT2D eigenvalue weighted by Crippen LogP contribution is -2.24. The lowest BCUT2D eigenvalue weighted by molar-refractivity contribution is 0.390. The molecule has 0 saturated heterocycles. The molecule has 3 heteroatoms. The van der Waals surface area contributed by atoms with Crippen molar-refractivity contribution in [3.05, 3.63) is 18.0 Å². The van der Waals surface area contributed by atoms with Gasteiger partial charge in [0.15, 0.2) is 0 Å². The Morgan fingerprint density at radius 2 is 2.29 bits per heavy atom. The minimum atomic E-state index is 0.457. The Kier molecular flexibility index (Phi) is 4.21. The lowest BCUT2D eigenvalue weighted by atomic mass is 9.98. The second-order valence-corrected chi connectivity index (χ2v) is 5.68. The van der Waals surface area contributed by atoms with E-state index in [9.17, 15) is 0 Å². The second kappa shape index (κ2) is 5.67. The van der Waals surface area contributed by atoms with Gasteiger partial charge < -0.3 is 5.32 Å². The van der Waals surface area contributed by atoms with Crippen molar-refractivity contribution in [3.63, 3.8) is 0 Å². The van der Waals surface area contributed by atoms with Gasteiger partial charge >= 0.3 is 0 Å². The van der Waals surface area contributed by atoms with E-state index in [1.54, 1.807) is 0 Å². The minimum Gasteiger partial charge on any atom is -0.311 e. The molecule has 1 aliphatic carbocycles. The quantitative estimate of drug-likeness (QED) is 0.850. The maximum atomic E-state index is 4.55. The summed E-state index contributed by atoms with van der Waals surface area (Å²) in [6, 6.07) is 2.57. The molecule has 1 N–H and O–H groups in total. The molecule has 1 heterocycles. The standard InChI is InChI=1S/C14H25N3/c1-11(2)17-8-7-14(16-17)10-15-9-13-6-4-5-12(13)3/h7-8,11-13,15H,4-6,9-10H2,1-3H3. The molecule has 2 atom stereocenters. The van der Waals surface area contributed by atoms with Gasteiger partial charge in [-0.3, -0.25) is 4.68 Å². The smallest absolute Gasteiger partial charge is 0.0762 e. The van der Waals surface area contributed by atoms with Gasteiger partial charge in [-0.2, -0.15) is 5.10 Å². The molecule has 0 bridgehead atoms. The van der Waals surface area contributed by atoms with Crippen LogP contribution in [0.25, 0.3) is 0 Å². The third-order valence-corrected chi connectivity index (χ3v) is 3.94. The van der Waals surface area contributed by atoms with E-state index in [0.717, 1.165) is 30.6 Å². The zero-order chi connectivity index (χ0) is 12.3. The molecule has 0 aromatic carbocycles. The molecule has 1 aliphatic rings. The number of hydrogen-bond acceptors (Lipinski definition) is 2. The molecule has 1 fully saturated rings. The van der Waals surface area contributed by atoms with Crippen molar-refractivity contribution in [2.45, 2.75) is 52.6 Å². The molecule has 0 radical (unpaired) electrons. The molecule has 1 aromatic heterocycles. The van der Waals surface area contributed by atoms with Crippen LogP contribution in [0.15, 0.2) is 12.3 Å². The third kappa shape index (κ3) is 3.32. The fourth-order valence-corrected chi connectivity index (χ4v) is 2.67. The average molecular weight is 235 g/mol. The Morgan fingerprint density at radius 1 is 1.47 bits per heavy atom. The summed E-state index contributed by atoms with van der Waals surface area (Å²) in [4.78, 5) is 0. The van der Waals surface area contributed by atoms with E-state index < -0.39 is 0 Å². The molecule has 2 unspecified atom stereocenters. The van der Waals surface area contributed by atoms with Crippen molar-refractivity contribution in [2.24, 2.45) is 11.8 Å². The van der Waals surface area contributed by atoms with Gasteiger partial charge in [-0.15, -0.1) is 0 Å². The highest BCUT2D eigenvalue weighted by Crippen LogP contribution is 2.30. The van der Waals surface area contributed by atoms with E-state index in [4.69, 9.17) is 0 Å². The Balaban J connectivity index is 1.74.